The predicted molar refractivity (Wildman–Crippen MR) is 116 cm³/mol. The Bertz CT molecular complexity index is 1100. The number of carbonyl (C=O) groups is 3. The van der Waals surface area contributed by atoms with Crippen LogP contribution >= 0.6 is 0 Å². The lowest BCUT2D eigenvalue weighted by molar-refractivity contribution is -0.142. The fourth-order valence-electron chi connectivity index (χ4n) is 4.05. The van der Waals surface area contributed by atoms with Gasteiger partial charge in [-0.2, -0.15) is 5.01 Å². The Morgan fingerprint density at radius 3 is 2.22 bits per heavy atom. The van der Waals surface area contributed by atoms with E-state index in [9.17, 15) is 14.4 Å². The number of amidine groups is 1. The van der Waals surface area contributed by atoms with Crippen molar-refractivity contribution in [3.8, 4) is 0 Å². The molecule has 8 nitrogen and oxygen atoms in total. The highest BCUT2D eigenvalue weighted by Crippen LogP contribution is 2.41. The molecule has 1 unspecified atom stereocenters. The number of nitrogens with zero attached hydrogens (tertiary/aromatic N) is 3. The third kappa shape index (κ3) is 3.80. The molecule has 0 bridgehead atoms. The molecule has 1 saturated heterocycles. The van der Waals surface area contributed by atoms with Crippen LogP contribution in [0.4, 0.5) is 0 Å². The summed E-state index contributed by atoms with van der Waals surface area (Å²) in [6.45, 7) is 0.594. The quantitative estimate of drug-likeness (QED) is 0.673. The van der Waals surface area contributed by atoms with E-state index in [0.717, 1.165) is 11.1 Å². The van der Waals surface area contributed by atoms with Crippen LogP contribution in [-0.4, -0.2) is 54.5 Å². The third-order valence-electron chi connectivity index (χ3n) is 5.48. The molecule has 0 N–H and O–H groups in total. The van der Waals surface area contributed by atoms with Crippen molar-refractivity contribution in [3.63, 3.8) is 0 Å². The van der Waals surface area contributed by atoms with Crippen LogP contribution in [0.5, 0.6) is 0 Å². The Hall–Kier alpha value is -3.78. The van der Waals surface area contributed by atoms with Gasteiger partial charge in [0.05, 0.1) is 32.4 Å². The van der Waals surface area contributed by atoms with E-state index in [2.05, 4.69) is 4.99 Å². The molecule has 1 fully saturated rings. The monoisotopic (exact) mass is 433 g/mol. The van der Waals surface area contributed by atoms with Crippen LogP contribution in [0.1, 0.15) is 23.6 Å². The van der Waals surface area contributed by atoms with Crippen molar-refractivity contribution < 1.29 is 23.9 Å². The van der Waals surface area contributed by atoms with Crippen LogP contribution in [0.15, 0.2) is 76.8 Å². The first kappa shape index (κ1) is 21.5. The maximum absolute atomic E-state index is 13.0. The minimum Gasteiger partial charge on any atom is -0.466 e. The molecular formula is C24H23N3O5. The van der Waals surface area contributed by atoms with Gasteiger partial charge in [0.25, 0.3) is 0 Å². The number of carbonyl (C=O) groups excluding carboxylic acids is 3. The Morgan fingerprint density at radius 1 is 0.969 bits per heavy atom. The van der Waals surface area contributed by atoms with Gasteiger partial charge in [-0.3, -0.25) is 9.79 Å². The summed E-state index contributed by atoms with van der Waals surface area (Å²) in [4.78, 5) is 43.5. The minimum absolute atomic E-state index is 0.0596. The number of fused-ring (bicyclic) bond motifs is 1. The molecule has 2 aliphatic rings. The van der Waals surface area contributed by atoms with Gasteiger partial charge in [0.2, 0.25) is 5.91 Å². The molecule has 0 saturated carbocycles. The van der Waals surface area contributed by atoms with Crippen molar-refractivity contribution >= 4 is 23.7 Å². The molecule has 1 amide bonds. The largest absolute Gasteiger partial charge is 0.466 e. The molecule has 164 valence electrons. The topological polar surface area (TPSA) is 88.5 Å². The lowest BCUT2D eigenvalue weighted by Crippen LogP contribution is -2.53. The zero-order valence-corrected chi connectivity index (χ0v) is 17.9. The lowest BCUT2D eigenvalue weighted by Gasteiger charge is -2.41. The molecule has 0 aliphatic carbocycles. The number of rotatable bonds is 5. The number of hydrogen-bond donors (Lipinski definition) is 0. The molecule has 2 aromatic rings. The Kier molecular flexibility index (Phi) is 6.13. The molecule has 0 spiro atoms. The molecule has 4 rings (SSSR count). The Morgan fingerprint density at radius 2 is 1.59 bits per heavy atom. The van der Waals surface area contributed by atoms with Crippen molar-refractivity contribution in [3.05, 3.63) is 82.9 Å². The maximum atomic E-state index is 13.0. The summed E-state index contributed by atoms with van der Waals surface area (Å²) >= 11 is 0. The van der Waals surface area contributed by atoms with Crippen LogP contribution in [0.3, 0.4) is 0 Å². The second kappa shape index (κ2) is 9.15. The van der Waals surface area contributed by atoms with Crippen molar-refractivity contribution in [1.82, 2.24) is 10.0 Å². The number of aliphatic imine (C=N–C) groups is 1. The predicted octanol–water partition coefficient (Wildman–Crippen LogP) is 2.43. The van der Waals surface area contributed by atoms with Crippen LogP contribution in [0.2, 0.25) is 0 Å². The number of methoxy groups -OCH3 is 2. The summed E-state index contributed by atoms with van der Waals surface area (Å²) in [5.74, 6) is -1.54. The van der Waals surface area contributed by atoms with Crippen LogP contribution in [0.25, 0.3) is 0 Å². The summed E-state index contributed by atoms with van der Waals surface area (Å²) in [6, 6.07) is 18.0. The van der Waals surface area contributed by atoms with E-state index in [1.807, 2.05) is 60.7 Å². The van der Waals surface area contributed by atoms with E-state index in [1.165, 1.54) is 19.2 Å². The zero-order chi connectivity index (χ0) is 22.7. The Labute approximate surface area is 185 Å². The van der Waals surface area contributed by atoms with E-state index in [0.29, 0.717) is 6.54 Å². The van der Waals surface area contributed by atoms with Crippen LogP contribution in [0, 0.1) is 0 Å². The molecule has 8 heteroatoms. The number of benzene rings is 2. The van der Waals surface area contributed by atoms with Gasteiger partial charge in [-0.25, -0.2) is 14.6 Å². The average Bonchev–Trinajstić information content (AvgIpc) is 3.23. The first-order chi connectivity index (χ1) is 15.6. The Balaban J connectivity index is 1.96. The third-order valence-corrected chi connectivity index (χ3v) is 5.48. The van der Waals surface area contributed by atoms with Crippen LogP contribution in [-0.2, 0) is 30.4 Å². The highest BCUT2D eigenvalue weighted by Gasteiger charge is 2.50. The molecular weight excluding hydrogens is 410 g/mol. The minimum atomic E-state index is -0.752. The van der Waals surface area contributed by atoms with Crippen molar-refractivity contribution in [2.24, 2.45) is 4.99 Å². The second-order valence-corrected chi connectivity index (χ2v) is 7.33. The molecule has 2 aromatic carbocycles. The van der Waals surface area contributed by atoms with Crippen molar-refractivity contribution in [2.45, 2.75) is 19.0 Å². The van der Waals surface area contributed by atoms with Gasteiger partial charge in [-0.05, 0) is 11.1 Å². The van der Waals surface area contributed by atoms with E-state index >= 15 is 0 Å². The summed E-state index contributed by atoms with van der Waals surface area (Å²) in [7, 11) is 2.49. The van der Waals surface area contributed by atoms with Gasteiger partial charge < -0.3 is 9.47 Å². The fourth-order valence-corrected chi connectivity index (χ4v) is 4.05. The van der Waals surface area contributed by atoms with Gasteiger partial charge in [0.15, 0.2) is 5.84 Å². The smallest absolute Gasteiger partial charge is 0.342 e. The summed E-state index contributed by atoms with van der Waals surface area (Å²) < 4.78 is 10.1. The molecule has 0 radical (unpaired) electrons. The highest BCUT2D eigenvalue weighted by atomic mass is 16.5. The van der Waals surface area contributed by atoms with Crippen molar-refractivity contribution in [2.75, 3.05) is 20.8 Å². The normalized spacial score (nSPS) is 19.8. The first-order valence-electron chi connectivity index (χ1n) is 10.2. The number of hydrazine groups is 1. The SMILES string of the molecule is COC(=O)C1=C(C(=O)OC)C(c2ccccc2)N2CCC(=O)N2C1=NCc1ccccc1. The van der Waals surface area contributed by atoms with E-state index in [1.54, 1.807) is 5.01 Å². The van der Waals surface area contributed by atoms with E-state index in [4.69, 9.17) is 9.47 Å². The lowest BCUT2D eigenvalue weighted by atomic mass is 9.91. The fraction of sp³-hybridized carbons (Fsp3) is 0.250. The van der Waals surface area contributed by atoms with Gasteiger partial charge in [-0.15, -0.1) is 0 Å². The molecule has 32 heavy (non-hydrogen) atoms. The average molecular weight is 433 g/mol. The van der Waals surface area contributed by atoms with Gasteiger partial charge in [-0.1, -0.05) is 60.7 Å². The number of esters is 2. The highest BCUT2D eigenvalue weighted by molar-refractivity contribution is 6.26. The second-order valence-electron chi connectivity index (χ2n) is 7.33. The standard InChI is InChI=1S/C24H23N3O5/c1-31-23(29)19-20(24(30)32-2)22(25-15-16-9-5-3-6-10-16)27-18(28)13-14-26(27)21(19)17-11-7-4-8-12-17/h3-12,21H,13-15H2,1-2H3. The zero-order valence-electron chi connectivity index (χ0n) is 17.9. The van der Waals surface area contributed by atoms with Crippen molar-refractivity contribution in [1.29, 1.82) is 0 Å². The first-order valence-corrected chi connectivity index (χ1v) is 10.2. The summed E-state index contributed by atoms with van der Waals surface area (Å²) in [5.41, 5.74) is 1.68. The van der Waals surface area contributed by atoms with Crippen LogP contribution < -0.4 is 0 Å². The molecule has 0 aromatic heterocycles. The van der Waals surface area contributed by atoms with Gasteiger partial charge in [0.1, 0.15) is 5.57 Å². The van der Waals surface area contributed by atoms with Gasteiger partial charge >= 0.3 is 11.9 Å². The summed E-state index contributed by atoms with van der Waals surface area (Å²) in [5, 5.41) is 3.17. The maximum Gasteiger partial charge on any atom is 0.342 e. The van der Waals surface area contributed by atoms with E-state index < -0.39 is 18.0 Å². The number of hydrogen-bond acceptors (Lipinski definition) is 7. The molecule has 1 atom stereocenters. The van der Waals surface area contributed by atoms with E-state index in [-0.39, 0.29) is 35.9 Å². The molecule has 2 heterocycles. The number of ether oxygens (including phenoxy) is 2. The van der Waals surface area contributed by atoms with Gasteiger partial charge in [0, 0.05) is 13.0 Å². The molecule has 2 aliphatic heterocycles. The summed E-state index contributed by atoms with van der Waals surface area (Å²) in [6.07, 6.45) is 0.233. The number of amides is 1.